The molecule has 5 rings (SSSR count). The Kier molecular flexibility index (Phi) is 4.71. The van der Waals surface area contributed by atoms with Crippen LogP contribution in [0, 0.1) is 11.8 Å². The number of rotatable bonds is 3. The molecule has 3 heteroatoms. The largest absolute Gasteiger partial charge is 0.361 e. The Hall–Kier alpha value is -3.22. The van der Waals surface area contributed by atoms with Crippen LogP contribution in [-0.2, 0) is 0 Å². The van der Waals surface area contributed by atoms with Crippen molar-refractivity contribution in [3.8, 4) is 17.5 Å². The van der Waals surface area contributed by atoms with E-state index in [1.807, 2.05) is 24.5 Å². The molecule has 2 atom stereocenters. The number of nitrogens with one attached hydrogen (secondary N) is 2. The molecule has 0 spiro atoms. The molecule has 0 amide bonds. The van der Waals surface area contributed by atoms with Crippen LogP contribution in [0.15, 0.2) is 73.2 Å². The fourth-order valence-corrected chi connectivity index (χ4v) is 4.32. The van der Waals surface area contributed by atoms with Crippen LogP contribution in [0.5, 0.6) is 0 Å². The topological polar surface area (TPSA) is 32.8 Å². The number of aromatic nitrogens is 2. The molecule has 2 N–H and O–H groups in total. The fourth-order valence-electron chi connectivity index (χ4n) is 4.32. The van der Waals surface area contributed by atoms with E-state index in [4.69, 9.17) is 0 Å². The monoisotopic (exact) mass is 379 g/mol. The van der Waals surface area contributed by atoms with Crippen LogP contribution in [-0.4, -0.2) is 22.1 Å². The minimum Gasteiger partial charge on any atom is -0.361 e. The molecule has 144 valence electrons. The first-order chi connectivity index (χ1) is 14.3. The molecule has 0 aliphatic carbocycles. The van der Waals surface area contributed by atoms with Crippen molar-refractivity contribution in [1.29, 1.82) is 0 Å². The van der Waals surface area contributed by atoms with Crippen LogP contribution >= 0.6 is 0 Å². The zero-order valence-corrected chi connectivity index (χ0v) is 16.7. The molecule has 0 bridgehead atoms. The van der Waals surface area contributed by atoms with Crippen LogP contribution in [0.4, 0.5) is 0 Å². The summed E-state index contributed by atoms with van der Waals surface area (Å²) in [4.78, 5) is 3.43. The maximum Gasteiger partial charge on any atom is 0.0457 e. The van der Waals surface area contributed by atoms with Gasteiger partial charge in [-0.2, -0.15) is 0 Å². The van der Waals surface area contributed by atoms with Gasteiger partial charge in [0, 0.05) is 52.3 Å². The first kappa shape index (κ1) is 17.8. The molecule has 1 aliphatic heterocycles. The SMILES string of the molecule is CC(c1c[nH]c2ccc(C#Cc3ccc(-n4cccc4)cc3)cc12)C1CCCN1. The van der Waals surface area contributed by atoms with Gasteiger partial charge in [0.1, 0.15) is 0 Å². The van der Waals surface area contributed by atoms with Crippen molar-refractivity contribution in [2.24, 2.45) is 0 Å². The van der Waals surface area contributed by atoms with Crippen molar-refractivity contribution >= 4 is 10.9 Å². The van der Waals surface area contributed by atoms with E-state index in [-0.39, 0.29) is 0 Å². The minimum atomic E-state index is 0.496. The third-order valence-corrected chi connectivity index (χ3v) is 6.03. The lowest BCUT2D eigenvalue weighted by Gasteiger charge is -2.19. The zero-order chi connectivity index (χ0) is 19.6. The highest BCUT2D eigenvalue weighted by atomic mass is 14.9. The highest BCUT2D eigenvalue weighted by molar-refractivity contribution is 5.85. The van der Waals surface area contributed by atoms with Crippen molar-refractivity contribution in [2.75, 3.05) is 6.54 Å². The lowest BCUT2D eigenvalue weighted by atomic mass is 9.91. The van der Waals surface area contributed by atoms with Crippen LogP contribution in [0.3, 0.4) is 0 Å². The van der Waals surface area contributed by atoms with E-state index < -0.39 is 0 Å². The highest BCUT2D eigenvalue weighted by Gasteiger charge is 2.24. The molecule has 3 heterocycles. The Labute approximate surface area is 171 Å². The lowest BCUT2D eigenvalue weighted by Crippen LogP contribution is -2.27. The Balaban J connectivity index is 1.40. The summed E-state index contributed by atoms with van der Waals surface area (Å²) in [7, 11) is 0. The number of H-pyrrole nitrogens is 1. The number of aromatic amines is 1. The highest BCUT2D eigenvalue weighted by Crippen LogP contribution is 2.31. The van der Waals surface area contributed by atoms with Crippen molar-refractivity contribution in [3.05, 3.63) is 89.9 Å². The first-order valence-corrected chi connectivity index (χ1v) is 10.4. The van der Waals surface area contributed by atoms with E-state index in [0.717, 1.165) is 23.4 Å². The summed E-state index contributed by atoms with van der Waals surface area (Å²) < 4.78 is 2.10. The molecule has 0 saturated carbocycles. The van der Waals surface area contributed by atoms with Gasteiger partial charge >= 0.3 is 0 Å². The van der Waals surface area contributed by atoms with E-state index in [1.165, 1.54) is 29.3 Å². The van der Waals surface area contributed by atoms with Gasteiger partial charge < -0.3 is 14.9 Å². The van der Waals surface area contributed by atoms with Gasteiger partial charge in [0.05, 0.1) is 0 Å². The third kappa shape index (κ3) is 3.60. The number of fused-ring (bicyclic) bond motifs is 1. The smallest absolute Gasteiger partial charge is 0.0457 e. The van der Waals surface area contributed by atoms with Crippen molar-refractivity contribution < 1.29 is 0 Å². The quantitative estimate of drug-likeness (QED) is 0.470. The number of hydrogen-bond donors (Lipinski definition) is 2. The minimum absolute atomic E-state index is 0.496. The molecule has 2 aromatic carbocycles. The molecule has 4 aromatic rings. The molecule has 2 unspecified atom stereocenters. The molecule has 1 saturated heterocycles. The maximum absolute atomic E-state index is 3.64. The van der Waals surface area contributed by atoms with Gasteiger partial charge in [-0.25, -0.2) is 0 Å². The van der Waals surface area contributed by atoms with Gasteiger partial charge in [0.2, 0.25) is 0 Å². The number of hydrogen-bond acceptors (Lipinski definition) is 1. The average molecular weight is 380 g/mol. The second-order valence-corrected chi connectivity index (χ2v) is 7.88. The summed E-state index contributed by atoms with van der Waals surface area (Å²) in [5.74, 6) is 7.15. The van der Waals surface area contributed by atoms with Gasteiger partial charge in [-0.1, -0.05) is 18.8 Å². The van der Waals surface area contributed by atoms with Crippen LogP contribution in [0.2, 0.25) is 0 Å². The Morgan fingerprint density at radius 1 is 1.00 bits per heavy atom. The third-order valence-electron chi connectivity index (χ3n) is 6.03. The van der Waals surface area contributed by atoms with Crippen LogP contribution in [0.1, 0.15) is 42.4 Å². The van der Waals surface area contributed by atoms with E-state index in [9.17, 15) is 0 Å². The zero-order valence-electron chi connectivity index (χ0n) is 16.7. The average Bonchev–Trinajstić information content (AvgIpc) is 3.53. The Bertz CT molecular complexity index is 1160. The molecule has 1 fully saturated rings. The molecule has 29 heavy (non-hydrogen) atoms. The molecule has 1 aliphatic rings. The standard InChI is InChI=1S/C26H25N3/c1-19(25-5-4-14-27-25)24-18-28-26-13-10-21(17-23(24)26)7-6-20-8-11-22(12-9-20)29-15-2-3-16-29/h2-3,8-13,15-19,25,27-28H,4-5,14H2,1H3. The van der Waals surface area contributed by atoms with E-state index >= 15 is 0 Å². The van der Waals surface area contributed by atoms with Crippen LogP contribution < -0.4 is 5.32 Å². The van der Waals surface area contributed by atoms with Gasteiger partial charge in [0.25, 0.3) is 0 Å². The summed E-state index contributed by atoms with van der Waals surface area (Å²) in [6.45, 7) is 3.47. The van der Waals surface area contributed by atoms with E-state index in [2.05, 4.69) is 82.3 Å². The van der Waals surface area contributed by atoms with Crippen molar-refractivity contribution in [1.82, 2.24) is 14.9 Å². The number of benzene rings is 2. The Morgan fingerprint density at radius 2 is 1.76 bits per heavy atom. The number of nitrogens with zero attached hydrogens (tertiary/aromatic N) is 1. The van der Waals surface area contributed by atoms with Gasteiger partial charge in [-0.05, 0) is 85.5 Å². The molecule has 0 radical (unpaired) electrons. The first-order valence-electron chi connectivity index (χ1n) is 10.4. The van der Waals surface area contributed by atoms with Gasteiger partial charge in [-0.3, -0.25) is 0 Å². The summed E-state index contributed by atoms with van der Waals surface area (Å²) in [6, 6.07) is 19.5. The Morgan fingerprint density at radius 3 is 2.52 bits per heavy atom. The second kappa shape index (κ2) is 7.66. The van der Waals surface area contributed by atoms with Crippen molar-refractivity contribution in [3.63, 3.8) is 0 Å². The second-order valence-electron chi connectivity index (χ2n) is 7.88. The fraction of sp³-hybridized carbons (Fsp3) is 0.231. The van der Waals surface area contributed by atoms with Crippen molar-refractivity contribution in [2.45, 2.75) is 31.7 Å². The maximum atomic E-state index is 3.64. The molecule has 2 aromatic heterocycles. The van der Waals surface area contributed by atoms with E-state index in [0.29, 0.717) is 12.0 Å². The lowest BCUT2D eigenvalue weighted by molar-refractivity contribution is 0.520. The predicted molar refractivity (Wildman–Crippen MR) is 119 cm³/mol. The van der Waals surface area contributed by atoms with E-state index in [1.54, 1.807) is 0 Å². The molecular weight excluding hydrogens is 354 g/mol. The normalized spacial score (nSPS) is 17.2. The van der Waals surface area contributed by atoms with Gasteiger partial charge in [0.15, 0.2) is 0 Å². The summed E-state index contributed by atoms with van der Waals surface area (Å²) in [5.41, 5.74) is 5.80. The molecule has 3 nitrogen and oxygen atoms in total. The van der Waals surface area contributed by atoms with Crippen LogP contribution in [0.25, 0.3) is 16.6 Å². The summed E-state index contributed by atoms with van der Waals surface area (Å²) in [5, 5.41) is 4.93. The van der Waals surface area contributed by atoms with Gasteiger partial charge in [-0.15, -0.1) is 0 Å². The summed E-state index contributed by atoms with van der Waals surface area (Å²) >= 11 is 0. The summed E-state index contributed by atoms with van der Waals surface area (Å²) in [6.07, 6.45) is 8.80. The molecular formula is C26H25N3. The predicted octanol–water partition coefficient (Wildman–Crippen LogP) is 5.21.